The summed E-state index contributed by atoms with van der Waals surface area (Å²) in [5, 5.41) is 4.41. The van der Waals surface area contributed by atoms with Crippen LogP contribution in [0.1, 0.15) is 37.7 Å². The molecule has 27 heavy (non-hydrogen) atoms. The molecule has 3 aromatic rings. The molecule has 3 heterocycles. The van der Waals surface area contributed by atoms with Crippen LogP contribution in [0.4, 0.5) is 19.0 Å². The predicted octanol–water partition coefficient (Wildman–Crippen LogP) is 4.10. The van der Waals surface area contributed by atoms with Gasteiger partial charge < -0.3 is 10.5 Å². The summed E-state index contributed by atoms with van der Waals surface area (Å²) in [5.74, 6) is -0.137. The van der Waals surface area contributed by atoms with Gasteiger partial charge >= 0.3 is 6.18 Å². The molecule has 6 nitrogen and oxygen atoms in total. The molecule has 1 fully saturated rings. The molecule has 0 aromatic carbocycles. The van der Waals surface area contributed by atoms with E-state index in [1.165, 1.54) is 23.3 Å². The van der Waals surface area contributed by atoms with E-state index in [1.54, 1.807) is 12.1 Å². The van der Waals surface area contributed by atoms with E-state index in [9.17, 15) is 13.2 Å². The molecular weight excluding hydrogens is 359 g/mol. The number of imidazole rings is 1. The van der Waals surface area contributed by atoms with Gasteiger partial charge in [0, 0.05) is 17.8 Å². The predicted molar refractivity (Wildman–Crippen MR) is 93.1 cm³/mol. The largest absolute Gasteiger partial charge is 0.473 e. The standard InChI is InChI=1S/C18H18F3N5O/c19-18(20,21)13-8-11(9-24-17(13)22)14-10-23-15-6-7-16(25-26(14)15)27-12-4-2-1-3-5-12/h6-10,12H,1-5H2,(H2,22,24). The van der Waals surface area contributed by atoms with Crippen molar-refractivity contribution in [3.63, 3.8) is 0 Å². The maximum absolute atomic E-state index is 13.1. The molecule has 2 N–H and O–H groups in total. The van der Waals surface area contributed by atoms with E-state index in [0.717, 1.165) is 31.7 Å². The average Bonchev–Trinajstić information content (AvgIpc) is 3.05. The molecule has 0 spiro atoms. The van der Waals surface area contributed by atoms with Gasteiger partial charge in [0.15, 0.2) is 5.65 Å². The van der Waals surface area contributed by atoms with Crippen LogP contribution in [0.15, 0.2) is 30.6 Å². The third kappa shape index (κ3) is 3.54. The van der Waals surface area contributed by atoms with Crippen molar-refractivity contribution >= 4 is 11.5 Å². The number of hydrogen-bond donors (Lipinski definition) is 1. The molecule has 3 aromatic heterocycles. The van der Waals surface area contributed by atoms with Gasteiger partial charge in [0.25, 0.3) is 0 Å². The number of alkyl halides is 3. The Morgan fingerprint density at radius 1 is 1.07 bits per heavy atom. The fourth-order valence-corrected chi connectivity index (χ4v) is 3.31. The summed E-state index contributed by atoms with van der Waals surface area (Å²) >= 11 is 0. The van der Waals surface area contributed by atoms with Crippen molar-refractivity contribution in [1.82, 2.24) is 19.6 Å². The van der Waals surface area contributed by atoms with E-state index in [0.29, 0.717) is 17.2 Å². The van der Waals surface area contributed by atoms with E-state index >= 15 is 0 Å². The Bertz CT molecular complexity index is 963. The third-order valence-corrected chi connectivity index (χ3v) is 4.70. The molecule has 0 aliphatic heterocycles. The van der Waals surface area contributed by atoms with E-state index in [2.05, 4.69) is 15.1 Å². The topological polar surface area (TPSA) is 78.3 Å². The molecule has 9 heteroatoms. The lowest BCUT2D eigenvalue weighted by Gasteiger charge is -2.22. The first kappa shape index (κ1) is 17.6. The lowest BCUT2D eigenvalue weighted by Crippen LogP contribution is -2.20. The van der Waals surface area contributed by atoms with Crippen LogP contribution in [0.2, 0.25) is 0 Å². The molecule has 1 aliphatic carbocycles. The summed E-state index contributed by atoms with van der Waals surface area (Å²) in [5.41, 5.74) is 5.52. The van der Waals surface area contributed by atoms with Crippen LogP contribution in [-0.4, -0.2) is 25.7 Å². The van der Waals surface area contributed by atoms with Gasteiger partial charge in [-0.3, -0.25) is 0 Å². The fourth-order valence-electron chi connectivity index (χ4n) is 3.31. The highest BCUT2D eigenvalue weighted by Gasteiger charge is 2.34. The summed E-state index contributed by atoms with van der Waals surface area (Å²) in [6.07, 6.45) is 3.69. The highest BCUT2D eigenvalue weighted by atomic mass is 19.4. The normalized spacial score (nSPS) is 16.0. The van der Waals surface area contributed by atoms with Gasteiger partial charge in [-0.15, -0.1) is 5.10 Å². The van der Waals surface area contributed by atoms with E-state index in [4.69, 9.17) is 10.5 Å². The van der Waals surface area contributed by atoms with Gasteiger partial charge in [-0.1, -0.05) is 6.42 Å². The molecule has 0 amide bonds. The number of ether oxygens (including phenoxy) is 1. The van der Waals surface area contributed by atoms with Crippen LogP contribution in [0.3, 0.4) is 0 Å². The number of nitrogen functional groups attached to an aromatic ring is 1. The minimum Gasteiger partial charge on any atom is -0.473 e. The van der Waals surface area contributed by atoms with Gasteiger partial charge in [-0.05, 0) is 37.8 Å². The van der Waals surface area contributed by atoms with Crippen molar-refractivity contribution in [1.29, 1.82) is 0 Å². The summed E-state index contributed by atoms with van der Waals surface area (Å²) < 4.78 is 46.8. The number of rotatable bonds is 3. The Balaban J connectivity index is 1.71. The number of pyridine rings is 1. The monoisotopic (exact) mass is 377 g/mol. The zero-order valence-electron chi connectivity index (χ0n) is 14.4. The van der Waals surface area contributed by atoms with Gasteiger partial charge in [0.1, 0.15) is 11.9 Å². The number of aromatic nitrogens is 4. The quantitative estimate of drug-likeness (QED) is 0.743. The van der Waals surface area contributed by atoms with Crippen molar-refractivity contribution in [2.75, 3.05) is 5.73 Å². The molecule has 0 saturated heterocycles. The zero-order chi connectivity index (χ0) is 19.0. The lowest BCUT2D eigenvalue weighted by molar-refractivity contribution is -0.137. The Labute approximate surface area is 153 Å². The van der Waals surface area contributed by atoms with Crippen LogP contribution in [0.5, 0.6) is 5.88 Å². The van der Waals surface area contributed by atoms with Crippen molar-refractivity contribution < 1.29 is 17.9 Å². The number of nitrogens with zero attached hydrogens (tertiary/aromatic N) is 4. The molecule has 1 saturated carbocycles. The summed E-state index contributed by atoms with van der Waals surface area (Å²) in [7, 11) is 0. The van der Waals surface area contributed by atoms with Gasteiger partial charge in [-0.2, -0.15) is 13.2 Å². The smallest absolute Gasteiger partial charge is 0.419 e. The average molecular weight is 377 g/mol. The number of fused-ring (bicyclic) bond motifs is 1. The zero-order valence-corrected chi connectivity index (χ0v) is 14.4. The van der Waals surface area contributed by atoms with Gasteiger partial charge in [0.2, 0.25) is 5.88 Å². The van der Waals surface area contributed by atoms with Crippen LogP contribution >= 0.6 is 0 Å². The summed E-state index contributed by atoms with van der Waals surface area (Å²) in [6.45, 7) is 0. The van der Waals surface area contributed by atoms with Crippen LogP contribution in [0, 0.1) is 0 Å². The SMILES string of the molecule is Nc1ncc(-c2cnc3ccc(OC4CCCCC4)nn23)cc1C(F)(F)F. The lowest BCUT2D eigenvalue weighted by atomic mass is 9.98. The summed E-state index contributed by atoms with van der Waals surface area (Å²) in [4.78, 5) is 7.88. The van der Waals surface area contributed by atoms with Crippen LogP contribution in [0.25, 0.3) is 16.9 Å². The van der Waals surface area contributed by atoms with Crippen molar-refractivity contribution in [3.05, 3.63) is 36.2 Å². The first-order valence-electron chi connectivity index (χ1n) is 8.76. The van der Waals surface area contributed by atoms with Crippen LogP contribution in [-0.2, 0) is 6.18 Å². The Kier molecular flexibility index (Phi) is 4.37. The Morgan fingerprint density at radius 3 is 2.59 bits per heavy atom. The minimum absolute atomic E-state index is 0.116. The molecule has 0 radical (unpaired) electrons. The first-order chi connectivity index (χ1) is 12.9. The number of anilines is 1. The van der Waals surface area contributed by atoms with Crippen molar-refractivity contribution in [2.24, 2.45) is 0 Å². The minimum atomic E-state index is -4.59. The fraction of sp³-hybridized carbons (Fsp3) is 0.389. The number of hydrogen-bond acceptors (Lipinski definition) is 5. The second-order valence-electron chi connectivity index (χ2n) is 6.62. The van der Waals surface area contributed by atoms with Gasteiger partial charge in [-0.25, -0.2) is 14.5 Å². The van der Waals surface area contributed by atoms with Gasteiger partial charge in [0.05, 0.1) is 17.5 Å². The second kappa shape index (κ2) is 6.71. The summed E-state index contributed by atoms with van der Waals surface area (Å²) in [6, 6.07) is 4.41. The van der Waals surface area contributed by atoms with Crippen molar-refractivity contribution in [2.45, 2.75) is 44.4 Å². The van der Waals surface area contributed by atoms with E-state index in [1.807, 2.05) is 0 Å². The highest BCUT2D eigenvalue weighted by molar-refractivity contribution is 5.65. The van der Waals surface area contributed by atoms with E-state index in [-0.39, 0.29) is 11.7 Å². The van der Waals surface area contributed by atoms with Crippen molar-refractivity contribution in [3.8, 4) is 17.1 Å². The molecule has 0 atom stereocenters. The number of nitrogens with two attached hydrogens (primary N) is 1. The molecule has 142 valence electrons. The van der Waals surface area contributed by atoms with Crippen LogP contribution < -0.4 is 10.5 Å². The maximum Gasteiger partial charge on any atom is 0.419 e. The third-order valence-electron chi connectivity index (χ3n) is 4.70. The Morgan fingerprint density at radius 2 is 1.85 bits per heavy atom. The Hall–Kier alpha value is -2.84. The molecule has 0 bridgehead atoms. The molecule has 4 rings (SSSR count). The second-order valence-corrected chi connectivity index (χ2v) is 6.62. The maximum atomic E-state index is 13.1. The number of halogens is 3. The highest BCUT2D eigenvalue weighted by Crippen LogP contribution is 2.35. The molecule has 1 aliphatic rings. The first-order valence-corrected chi connectivity index (χ1v) is 8.76. The van der Waals surface area contributed by atoms with E-state index < -0.39 is 17.6 Å². The molecule has 0 unspecified atom stereocenters. The molecular formula is C18H18F3N5O.